The van der Waals surface area contributed by atoms with Crippen molar-refractivity contribution in [3.8, 4) is 6.07 Å². The second-order valence-electron chi connectivity index (χ2n) is 7.47. The van der Waals surface area contributed by atoms with Crippen molar-refractivity contribution < 1.29 is 18.0 Å². The molecule has 1 aromatic heterocycles. The highest BCUT2D eigenvalue weighted by molar-refractivity contribution is 8.00. The molecule has 1 aliphatic rings. The summed E-state index contributed by atoms with van der Waals surface area (Å²) in [4.78, 5) is 15.8. The van der Waals surface area contributed by atoms with Crippen LogP contribution in [0.5, 0.6) is 0 Å². The first-order valence-electron chi connectivity index (χ1n) is 8.35. The first-order valence-corrected chi connectivity index (χ1v) is 9.34. The Morgan fingerprint density at radius 3 is 2.54 bits per heavy atom. The summed E-state index contributed by atoms with van der Waals surface area (Å²) in [6.07, 6.45) is -3.18. The Labute approximate surface area is 155 Å². The number of halogens is 3. The summed E-state index contributed by atoms with van der Waals surface area (Å²) in [5.74, 6) is -0.326. The summed E-state index contributed by atoms with van der Waals surface area (Å²) in [5.41, 5.74) is -0.932. The van der Waals surface area contributed by atoms with Gasteiger partial charge in [-0.05, 0) is 36.2 Å². The molecule has 0 saturated carbocycles. The topological polar surface area (TPSA) is 65.8 Å². The second kappa shape index (κ2) is 7.47. The minimum Gasteiger partial charge on any atom is -0.358 e. The van der Waals surface area contributed by atoms with Crippen LogP contribution in [0.4, 0.5) is 13.2 Å². The number of fused-ring (bicyclic) bond motifs is 1. The molecule has 0 aliphatic heterocycles. The summed E-state index contributed by atoms with van der Waals surface area (Å²) in [5, 5.41) is 11.8. The van der Waals surface area contributed by atoms with E-state index in [9.17, 15) is 23.2 Å². The maximum atomic E-state index is 13.8. The average Bonchev–Trinajstić information content (AvgIpc) is 2.55. The highest BCUT2D eigenvalue weighted by Gasteiger charge is 2.42. The van der Waals surface area contributed by atoms with E-state index in [0.29, 0.717) is 12.1 Å². The van der Waals surface area contributed by atoms with Crippen LogP contribution < -0.4 is 5.32 Å². The van der Waals surface area contributed by atoms with E-state index in [4.69, 9.17) is 0 Å². The minimum atomic E-state index is -4.64. The summed E-state index contributed by atoms with van der Waals surface area (Å²) < 4.78 is 41.5. The van der Waals surface area contributed by atoms with Crippen LogP contribution in [-0.2, 0) is 23.8 Å². The van der Waals surface area contributed by atoms with Crippen molar-refractivity contribution in [1.82, 2.24) is 10.3 Å². The van der Waals surface area contributed by atoms with Crippen LogP contribution in [0.2, 0.25) is 0 Å². The molecule has 0 fully saturated rings. The molecule has 142 valence electrons. The highest BCUT2D eigenvalue weighted by Crippen LogP contribution is 2.44. The predicted molar refractivity (Wildman–Crippen MR) is 93.7 cm³/mol. The van der Waals surface area contributed by atoms with Gasteiger partial charge in [0.2, 0.25) is 5.91 Å². The van der Waals surface area contributed by atoms with E-state index in [1.807, 2.05) is 20.8 Å². The molecule has 0 radical (unpaired) electrons. The largest absolute Gasteiger partial charge is 0.418 e. The van der Waals surface area contributed by atoms with Crippen LogP contribution >= 0.6 is 11.8 Å². The van der Waals surface area contributed by atoms with Crippen molar-refractivity contribution in [2.75, 3.05) is 12.8 Å². The summed E-state index contributed by atoms with van der Waals surface area (Å²) >= 11 is 0.868. The first-order chi connectivity index (χ1) is 12.0. The number of nitriles is 1. The van der Waals surface area contributed by atoms with Crippen LogP contribution in [-0.4, -0.2) is 23.7 Å². The van der Waals surface area contributed by atoms with Crippen molar-refractivity contribution in [1.29, 1.82) is 5.26 Å². The lowest BCUT2D eigenvalue weighted by Crippen LogP contribution is -2.30. The molecule has 0 saturated heterocycles. The first kappa shape index (κ1) is 20.6. The molecule has 0 aromatic carbocycles. The van der Waals surface area contributed by atoms with Gasteiger partial charge in [-0.25, -0.2) is 4.98 Å². The molecule has 0 unspecified atom stereocenters. The maximum absolute atomic E-state index is 13.8. The van der Waals surface area contributed by atoms with E-state index in [1.165, 1.54) is 7.05 Å². The van der Waals surface area contributed by atoms with Gasteiger partial charge in [0, 0.05) is 12.7 Å². The molecule has 1 heterocycles. The number of nitrogens with one attached hydrogen (secondary N) is 1. The van der Waals surface area contributed by atoms with Crippen LogP contribution in [0, 0.1) is 22.7 Å². The smallest absolute Gasteiger partial charge is 0.358 e. The molecule has 2 rings (SSSR count). The molecular weight excluding hydrogens is 363 g/mol. The van der Waals surface area contributed by atoms with Gasteiger partial charge >= 0.3 is 6.18 Å². The van der Waals surface area contributed by atoms with E-state index in [2.05, 4.69) is 10.3 Å². The van der Waals surface area contributed by atoms with E-state index in [-0.39, 0.29) is 40.0 Å². The van der Waals surface area contributed by atoms with E-state index in [1.54, 1.807) is 6.07 Å². The van der Waals surface area contributed by atoms with Gasteiger partial charge in [0.1, 0.15) is 11.1 Å². The number of hydrogen-bond acceptors (Lipinski definition) is 4. The fraction of sp³-hybridized carbons (Fsp3) is 0.611. The Morgan fingerprint density at radius 2 is 2.04 bits per heavy atom. The summed E-state index contributed by atoms with van der Waals surface area (Å²) in [6.45, 7) is 6.05. The number of aryl methyl sites for hydroxylation is 1. The zero-order valence-electron chi connectivity index (χ0n) is 15.3. The molecule has 4 nitrogen and oxygen atoms in total. The molecule has 1 aliphatic carbocycles. The number of carbonyl (C=O) groups is 1. The number of rotatable bonds is 3. The SMILES string of the molecule is CNC(=O)CSc1nc2c(c(C(F)(F)F)c1C#N)C[C@@H](C(C)(C)C)CC2. The monoisotopic (exact) mass is 385 g/mol. The van der Waals surface area contributed by atoms with E-state index in [0.717, 1.165) is 18.2 Å². The second-order valence-corrected chi connectivity index (χ2v) is 8.43. The summed E-state index contributed by atoms with van der Waals surface area (Å²) in [6, 6.07) is 1.68. The minimum absolute atomic E-state index is 0.0172. The fourth-order valence-corrected chi connectivity index (χ4v) is 4.08. The van der Waals surface area contributed by atoms with Crippen molar-refractivity contribution in [3.05, 3.63) is 22.4 Å². The van der Waals surface area contributed by atoms with E-state index >= 15 is 0 Å². The number of hydrogen-bond donors (Lipinski definition) is 1. The van der Waals surface area contributed by atoms with Crippen LogP contribution in [0.1, 0.15) is 49.6 Å². The molecule has 1 N–H and O–H groups in total. The number of pyridine rings is 1. The van der Waals surface area contributed by atoms with Crippen LogP contribution in [0.25, 0.3) is 0 Å². The Balaban J connectivity index is 2.58. The number of amides is 1. The number of nitrogens with zero attached hydrogens (tertiary/aromatic N) is 2. The normalized spacial score (nSPS) is 17.4. The lowest BCUT2D eigenvalue weighted by atomic mass is 9.70. The molecule has 0 spiro atoms. The molecule has 8 heteroatoms. The number of thioether (sulfide) groups is 1. The molecule has 1 aromatic rings. The highest BCUT2D eigenvalue weighted by atomic mass is 32.2. The van der Waals surface area contributed by atoms with Gasteiger partial charge in [-0.15, -0.1) is 0 Å². The Hall–Kier alpha value is -1.75. The van der Waals surface area contributed by atoms with Crippen molar-refractivity contribution >= 4 is 17.7 Å². The Kier molecular flexibility index (Phi) is 5.91. The summed E-state index contributed by atoms with van der Waals surface area (Å²) in [7, 11) is 1.45. The van der Waals surface area contributed by atoms with Gasteiger partial charge < -0.3 is 5.32 Å². The third-order valence-electron chi connectivity index (χ3n) is 4.77. The van der Waals surface area contributed by atoms with Gasteiger partial charge in [-0.3, -0.25) is 4.79 Å². The standard InChI is InChI=1S/C18H22F3N3OS/c1-17(2,3)10-5-6-13-11(7-10)15(18(19,20)21)12(8-22)16(24-13)26-9-14(25)23-4/h10H,5-7,9H2,1-4H3,(H,23,25)/t10-/m0/s1. The number of alkyl halides is 3. The van der Waals surface area contributed by atoms with E-state index < -0.39 is 17.3 Å². The number of carbonyl (C=O) groups excluding carboxylic acids is 1. The third-order valence-corrected chi connectivity index (χ3v) is 5.74. The van der Waals surface area contributed by atoms with Crippen molar-refractivity contribution in [2.45, 2.75) is 51.2 Å². The lowest BCUT2D eigenvalue weighted by Gasteiger charge is -2.36. The van der Waals surface area contributed by atoms with Crippen LogP contribution in [0.15, 0.2) is 5.03 Å². The molecular formula is C18H22F3N3OS. The Morgan fingerprint density at radius 1 is 1.38 bits per heavy atom. The van der Waals surface area contributed by atoms with Gasteiger partial charge in [0.25, 0.3) is 0 Å². The lowest BCUT2D eigenvalue weighted by molar-refractivity contribution is -0.139. The van der Waals surface area contributed by atoms with Gasteiger partial charge in [0.15, 0.2) is 0 Å². The van der Waals surface area contributed by atoms with Crippen molar-refractivity contribution in [3.63, 3.8) is 0 Å². The van der Waals surface area contributed by atoms with Gasteiger partial charge in [-0.1, -0.05) is 32.5 Å². The van der Waals surface area contributed by atoms with Gasteiger partial charge in [-0.2, -0.15) is 18.4 Å². The maximum Gasteiger partial charge on any atom is 0.418 e. The third kappa shape index (κ3) is 4.32. The molecule has 1 amide bonds. The zero-order valence-corrected chi connectivity index (χ0v) is 16.1. The molecule has 0 bridgehead atoms. The Bertz CT molecular complexity index is 748. The molecule has 1 atom stereocenters. The zero-order chi connectivity index (χ0) is 19.7. The van der Waals surface area contributed by atoms with Crippen molar-refractivity contribution in [2.24, 2.45) is 11.3 Å². The van der Waals surface area contributed by atoms with Crippen LogP contribution in [0.3, 0.4) is 0 Å². The number of aromatic nitrogens is 1. The van der Waals surface area contributed by atoms with Gasteiger partial charge in [0.05, 0.1) is 16.9 Å². The predicted octanol–water partition coefficient (Wildman–Crippen LogP) is 3.96. The fourth-order valence-electron chi connectivity index (χ4n) is 3.20. The quantitative estimate of drug-likeness (QED) is 0.800. The average molecular weight is 385 g/mol. The molecule has 26 heavy (non-hydrogen) atoms.